The number of hydrogen-bond donors (Lipinski definition) is 3. The highest BCUT2D eigenvalue weighted by molar-refractivity contribution is 7.75. The predicted octanol–water partition coefficient (Wildman–Crippen LogP) is 0.781. The van der Waals surface area contributed by atoms with E-state index in [1.807, 2.05) is 0 Å². The van der Waals surface area contributed by atoms with E-state index in [4.69, 9.17) is 4.74 Å². The summed E-state index contributed by atoms with van der Waals surface area (Å²) in [5, 5.41) is 5.91. The lowest BCUT2D eigenvalue weighted by molar-refractivity contribution is -0.119. The summed E-state index contributed by atoms with van der Waals surface area (Å²) < 4.78 is 39.9. The van der Waals surface area contributed by atoms with Gasteiger partial charge >= 0.3 is 6.09 Å². The maximum absolute atomic E-state index is 14.0. The van der Waals surface area contributed by atoms with Crippen LogP contribution in [-0.2, 0) is 20.2 Å². The Balaban J connectivity index is 2.05. The van der Waals surface area contributed by atoms with E-state index in [-0.39, 0.29) is 24.7 Å². The summed E-state index contributed by atoms with van der Waals surface area (Å²) in [5.74, 6) is -0.893. The van der Waals surface area contributed by atoms with Crippen LogP contribution in [0.4, 0.5) is 20.6 Å². The predicted molar refractivity (Wildman–Crippen MR) is 85.8 cm³/mol. The molecule has 8 nitrogen and oxygen atoms in total. The summed E-state index contributed by atoms with van der Waals surface area (Å²) in [7, 11) is -2.70. The van der Waals surface area contributed by atoms with E-state index >= 15 is 0 Å². The minimum absolute atomic E-state index is 0.0641. The molecule has 0 unspecified atom stereocenters. The lowest BCUT2D eigenvalue weighted by Gasteiger charge is -2.14. The van der Waals surface area contributed by atoms with Crippen LogP contribution in [0.3, 0.4) is 0 Å². The molecular weight excluding hydrogens is 341 g/mol. The largest absolute Gasteiger partial charge is 0.442 e. The van der Waals surface area contributed by atoms with E-state index in [9.17, 15) is 22.4 Å². The van der Waals surface area contributed by atoms with Crippen molar-refractivity contribution >= 4 is 34.1 Å². The van der Waals surface area contributed by atoms with E-state index in [1.165, 1.54) is 24.0 Å². The Hall–Kier alpha value is -2.62. The van der Waals surface area contributed by atoms with Gasteiger partial charge in [-0.05, 0) is 18.2 Å². The molecule has 1 heterocycles. The number of thiol groups is 1. The van der Waals surface area contributed by atoms with E-state index < -0.39 is 28.7 Å². The molecule has 2 rings (SSSR count). The van der Waals surface area contributed by atoms with Crippen LogP contribution in [0.15, 0.2) is 29.8 Å². The molecular formula is C14H16FN3O5S. The molecule has 0 bridgehead atoms. The third-order valence-electron chi connectivity index (χ3n) is 3.15. The Morgan fingerprint density at radius 2 is 2.25 bits per heavy atom. The maximum atomic E-state index is 14.0. The smallest absolute Gasteiger partial charge is 0.414 e. The molecule has 0 saturated carbocycles. The summed E-state index contributed by atoms with van der Waals surface area (Å²) in [6.45, 7) is 1.72. The summed E-state index contributed by atoms with van der Waals surface area (Å²) in [6, 6.07) is 4.01. The first-order valence-electron chi connectivity index (χ1n) is 6.95. The third-order valence-corrected chi connectivity index (χ3v) is 3.54. The molecule has 10 heteroatoms. The number of ether oxygens (including phenoxy) is 1. The zero-order valence-corrected chi connectivity index (χ0v) is 13.6. The second kappa shape index (κ2) is 7.77. The number of halogens is 1. The number of hydrogen-bond acceptors (Lipinski definition) is 6. The van der Waals surface area contributed by atoms with Crippen molar-refractivity contribution in [3.63, 3.8) is 0 Å². The SMILES string of the molecule is CC(=O)NC[C@H]1CN(c2ccc(N/C=C\[SH](=O)=O)c(F)c2)C(=O)O1. The fraction of sp³-hybridized carbons (Fsp3) is 0.286. The van der Waals surface area contributed by atoms with Gasteiger partial charge in [0.05, 0.1) is 24.5 Å². The number of carbonyl (C=O) groups excluding carboxylic acids is 2. The van der Waals surface area contributed by atoms with Gasteiger partial charge < -0.3 is 15.4 Å². The molecule has 1 aromatic carbocycles. The first-order valence-corrected chi connectivity index (χ1v) is 8.20. The van der Waals surface area contributed by atoms with Crippen LogP contribution < -0.4 is 15.5 Å². The van der Waals surface area contributed by atoms with Gasteiger partial charge in [0, 0.05) is 18.5 Å². The molecule has 1 saturated heterocycles. The molecule has 2 amide bonds. The topological polar surface area (TPSA) is 105 Å². The van der Waals surface area contributed by atoms with Crippen LogP contribution >= 0.6 is 0 Å². The highest BCUT2D eigenvalue weighted by Gasteiger charge is 2.32. The molecule has 1 aliphatic heterocycles. The number of rotatable bonds is 6. The van der Waals surface area contributed by atoms with Crippen LogP contribution in [0.2, 0.25) is 0 Å². The minimum Gasteiger partial charge on any atom is -0.442 e. The van der Waals surface area contributed by atoms with Crippen molar-refractivity contribution in [2.75, 3.05) is 23.3 Å². The molecule has 24 heavy (non-hydrogen) atoms. The highest BCUT2D eigenvalue weighted by Crippen LogP contribution is 2.25. The van der Waals surface area contributed by atoms with Crippen molar-refractivity contribution in [3.8, 4) is 0 Å². The molecule has 130 valence electrons. The normalized spacial score (nSPS) is 17.4. The number of nitrogens with one attached hydrogen (secondary N) is 2. The molecule has 0 aliphatic carbocycles. The van der Waals surface area contributed by atoms with Crippen molar-refractivity contribution in [2.24, 2.45) is 0 Å². The number of anilines is 2. The van der Waals surface area contributed by atoms with Crippen molar-refractivity contribution in [1.29, 1.82) is 0 Å². The van der Waals surface area contributed by atoms with Gasteiger partial charge in [-0.25, -0.2) is 17.6 Å². The van der Waals surface area contributed by atoms with Gasteiger partial charge in [-0.15, -0.1) is 0 Å². The van der Waals surface area contributed by atoms with Crippen LogP contribution in [-0.4, -0.2) is 39.6 Å². The number of benzene rings is 1. The Labute approximate surface area is 139 Å². The Morgan fingerprint density at radius 3 is 2.88 bits per heavy atom. The molecule has 2 N–H and O–H groups in total. The average molecular weight is 357 g/mol. The third kappa shape index (κ3) is 4.69. The van der Waals surface area contributed by atoms with Crippen LogP contribution in [0.25, 0.3) is 0 Å². The van der Waals surface area contributed by atoms with Crippen molar-refractivity contribution in [3.05, 3.63) is 35.6 Å². The van der Waals surface area contributed by atoms with Gasteiger partial charge in [-0.3, -0.25) is 9.69 Å². The van der Waals surface area contributed by atoms with Gasteiger partial charge in [0.25, 0.3) is 0 Å². The van der Waals surface area contributed by atoms with Crippen LogP contribution in [0.1, 0.15) is 6.92 Å². The first kappa shape index (κ1) is 17.7. The fourth-order valence-electron chi connectivity index (χ4n) is 2.07. The number of nitrogens with zero attached hydrogens (tertiary/aromatic N) is 1. The number of amides is 2. The lowest BCUT2D eigenvalue weighted by Crippen LogP contribution is -2.33. The minimum atomic E-state index is -2.70. The van der Waals surface area contributed by atoms with E-state index in [2.05, 4.69) is 10.6 Å². The first-order chi connectivity index (χ1) is 11.4. The fourth-order valence-corrected chi connectivity index (χ4v) is 2.27. The van der Waals surface area contributed by atoms with Crippen molar-refractivity contribution in [1.82, 2.24) is 5.32 Å². The second-order valence-electron chi connectivity index (χ2n) is 4.96. The lowest BCUT2D eigenvalue weighted by atomic mass is 10.2. The van der Waals surface area contributed by atoms with Gasteiger partial charge in [0.15, 0.2) is 10.7 Å². The Kier molecular flexibility index (Phi) is 5.74. The molecule has 1 atom stereocenters. The van der Waals surface area contributed by atoms with E-state index in [0.717, 1.165) is 17.7 Å². The molecule has 1 fully saturated rings. The standard InChI is InChI=1S/C14H16FN3O5S/c1-9(19)17-7-11-8-18(14(20)23-11)10-2-3-13(12(15)6-10)16-4-5-24(21)22/h2-6,11,16,24H,7-8H2,1H3,(H,17,19)/b5-4-/t11-/m0/s1. The molecule has 1 aliphatic rings. The van der Waals surface area contributed by atoms with Crippen LogP contribution in [0.5, 0.6) is 0 Å². The monoisotopic (exact) mass is 357 g/mol. The molecule has 1 aromatic rings. The molecule has 0 spiro atoms. The molecule has 0 radical (unpaired) electrons. The highest BCUT2D eigenvalue weighted by atomic mass is 32.2. The Morgan fingerprint density at radius 1 is 1.50 bits per heavy atom. The zero-order chi connectivity index (χ0) is 17.7. The molecule has 0 aromatic heterocycles. The van der Waals surface area contributed by atoms with E-state index in [0.29, 0.717) is 5.69 Å². The van der Waals surface area contributed by atoms with Crippen molar-refractivity contribution in [2.45, 2.75) is 13.0 Å². The summed E-state index contributed by atoms with van der Waals surface area (Å²) in [5.41, 5.74) is 0.362. The maximum Gasteiger partial charge on any atom is 0.414 e. The summed E-state index contributed by atoms with van der Waals surface area (Å²) >= 11 is 0. The van der Waals surface area contributed by atoms with Gasteiger partial charge in [-0.2, -0.15) is 0 Å². The number of cyclic esters (lactones) is 1. The van der Waals surface area contributed by atoms with Crippen molar-refractivity contribution < 1.29 is 27.1 Å². The number of carbonyl (C=O) groups is 2. The van der Waals surface area contributed by atoms with Crippen LogP contribution in [0, 0.1) is 5.82 Å². The quantitative estimate of drug-likeness (QED) is 0.650. The van der Waals surface area contributed by atoms with Gasteiger partial charge in [0.2, 0.25) is 5.91 Å². The van der Waals surface area contributed by atoms with Gasteiger partial charge in [0.1, 0.15) is 11.9 Å². The van der Waals surface area contributed by atoms with E-state index in [1.54, 1.807) is 0 Å². The summed E-state index contributed by atoms with van der Waals surface area (Å²) in [4.78, 5) is 24.0. The zero-order valence-electron chi connectivity index (χ0n) is 12.7. The van der Waals surface area contributed by atoms with Gasteiger partial charge in [-0.1, -0.05) is 0 Å². The second-order valence-corrected chi connectivity index (χ2v) is 5.83. The summed E-state index contributed by atoms with van der Waals surface area (Å²) in [6.07, 6.45) is -0.0514. The average Bonchev–Trinajstić information content (AvgIpc) is 2.87. The Bertz CT molecular complexity index is 742.